The Balaban J connectivity index is 1.81. The Hall–Kier alpha value is -1.55. The minimum atomic E-state index is 0.307. The Morgan fingerprint density at radius 3 is 3.00 bits per heavy atom. The fraction of sp³-hybridized carbons (Fsp3) is 0.462. The van der Waals surface area contributed by atoms with Crippen LogP contribution in [0.2, 0.25) is 0 Å². The molecule has 0 spiro atoms. The average Bonchev–Trinajstić information content (AvgIpc) is 2.96. The van der Waals surface area contributed by atoms with E-state index in [1.54, 1.807) is 6.26 Å². The maximum absolute atomic E-state index is 5.41. The third-order valence-electron chi connectivity index (χ3n) is 2.86. The van der Waals surface area contributed by atoms with Crippen molar-refractivity contribution in [3.05, 3.63) is 42.1 Å². The molecule has 0 aliphatic carbocycles. The van der Waals surface area contributed by atoms with Gasteiger partial charge < -0.3 is 9.73 Å². The number of nitrogens with zero attached hydrogens (tertiary/aromatic N) is 2. The van der Waals surface area contributed by atoms with Crippen LogP contribution in [0, 0.1) is 0 Å². The second-order valence-electron chi connectivity index (χ2n) is 4.20. The van der Waals surface area contributed by atoms with E-state index in [1.807, 2.05) is 30.1 Å². The first-order chi connectivity index (χ1) is 8.29. The molecule has 0 saturated carbocycles. The normalized spacial score (nSPS) is 12.8. The lowest BCUT2D eigenvalue weighted by Gasteiger charge is -2.13. The first kappa shape index (κ1) is 11.9. The van der Waals surface area contributed by atoms with E-state index in [4.69, 9.17) is 4.42 Å². The molecule has 0 amide bonds. The number of furan rings is 1. The second-order valence-corrected chi connectivity index (χ2v) is 4.20. The molecule has 0 aromatic carbocycles. The summed E-state index contributed by atoms with van der Waals surface area (Å²) in [6.45, 7) is 3.09. The summed E-state index contributed by atoms with van der Waals surface area (Å²) in [6, 6.07) is 4.26. The molecule has 0 bridgehead atoms. The molecule has 4 nitrogen and oxygen atoms in total. The highest BCUT2D eigenvalue weighted by Gasteiger charge is 2.10. The van der Waals surface area contributed by atoms with Crippen LogP contribution in [0.1, 0.15) is 30.7 Å². The summed E-state index contributed by atoms with van der Waals surface area (Å²) in [7, 11) is 1.94. The SMILES string of the molecule is CCC(NCCc1cnn(C)c1)c1ccco1. The van der Waals surface area contributed by atoms with Gasteiger partial charge in [-0.3, -0.25) is 4.68 Å². The van der Waals surface area contributed by atoms with Gasteiger partial charge in [-0.15, -0.1) is 0 Å². The fourth-order valence-corrected chi connectivity index (χ4v) is 1.93. The Bertz CT molecular complexity index is 433. The molecule has 0 saturated heterocycles. The van der Waals surface area contributed by atoms with Crippen LogP contribution < -0.4 is 5.32 Å². The highest BCUT2D eigenvalue weighted by Crippen LogP contribution is 2.16. The summed E-state index contributed by atoms with van der Waals surface area (Å²) < 4.78 is 7.25. The van der Waals surface area contributed by atoms with Crippen LogP contribution in [0.25, 0.3) is 0 Å². The topological polar surface area (TPSA) is 43.0 Å². The third kappa shape index (κ3) is 3.20. The molecule has 92 valence electrons. The van der Waals surface area contributed by atoms with E-state index >= 15 is 0 Å². The summed E-state index contributed by atoms with van der Waals surface area (Å²) in [5, 5.41) is 7.65. The molecule has 0 radical (unpaired) electrons. The van der Waals surface area contributed by atoms with E-state index in [-0.39, 0.29) is 0 Å². The molecule has 2 heterocycles. The first-order valence-electron chi connectivity index (χ1n) is 6.04. The molecule has 17 heavy (non-hydrogen) atoms. The van der Waals surface area contributed by atoms with Gasteiger partial charge in [0.1, 0.15) is 5.76 Å². The van der Waals surface area contributed by atoms with Gasteiger partial charge in [-0.05, 0) is 37.1 Å². The minimum absolute atomic E-state index is 0.307. The van der Waals surface area contributed by atoms with Gasteiger partial charge in [-0.1, -0.05) is 6.92 Å². The van der Waals surface area contributed by atoms with Gasteiger partial charge in [0.15, 0.2) is 0 Å². The Kier molecular flexibility index (Phi) is 3.98. The quantitative estimate of drug-likeness (QED) is 0.832. The minimum Gasteiger partial charge on any atom is -0.468 e. The van der Waals surface area contributed by atoms with E-state index < -0.39 is 0 Å². The monoisotopic (exact) mass is 233 g/mol. The van der Waals surface area contributed by atoms with Gasteiger partial charge in [0, 0.05) is 13.2 Å². The summed E-state index contributed by atoms with van der Waals surface area (Å²) in [6.07, 6.45) is 7.71. The Morgan fingerprint density at radius 2 is 2.41 bits per heavy atom. The molecule has 1 atom stereocenters. The number of hydrogen-bond acceptors (Lipinski definition) is 3. The van der Waals surface area contributed by atoms with E-state index in [2.05, 4.69) is 23.5 Å². The number of aryl methyl sites for hydroxylation is 1. The largest absolute Gasteiger partial charge is 0.468 e. The van der Waals surface area contributed by atoms with E-state index in [0.717, 1.165) is 25.1 Å². The summed E-state index contributed by atoms with van der Waals surface area (Å²) in [4.78, 5) is 0. The van der Waals surface area contributed by atoms with Crippen molar-refractivity contribution in [1.29, 1.82) is 0 Å². The zero-order chi connectivity index (χ0) is 12.1. The molecule has 2 rings (SSSR count). The van der Waals surface area contributed by atoms with Crippen molar-refractivity contribution in [3.63, 3.8) is 0 Å². The molecule has 2 aromatic heterocycles. The number of rotatable bonds is 6. The number of hydrogen-bond donors (Lipinski definition) is 1. The van der Waals surface area contributed by atoms with Crippen LogP contribution in [0.15, 0.2) is 35.2 Å². The van der Waals surface area contributed by atoms with Gasteiger partial charge in [0.25, 0.3) is 0 Å². The van der Waals surface area contributed by atoms with Gasteiger partial charge in [0.05, 0.1) is 18.5 Å². The van der Waals surface area contributed by atoms with Crippen molar-refractivity contribution >= 4 is 0 Å². The van der Waals surface area contributed by atoms with Crippen LogP contribution in [0.3, 0.4) is 0 Å². The molecule has 1 N–H and O–H groups in total. The van der Waals surface area contributed by atoms with Crippen LogP contribution in [0.4, 0.5) is 0 Å². The lowest BCUT2D eigenvalue weighted by molar-refractivity contribution is 0.406. The predicted octanol–water partition coefficient (Wildman–Crippen LogP) is 2.30. The van der Waals surface area contributed by atoms with Crippen molar-refractivity contribution in [1.82, 2.24) is 15.1 Å². The van der Waals surface area contributed by atoms with Crippen molar-refractivity contribution in [2.45, 2.75) is 25.8 Å². The maximum atomic E-state index is 5.41. The Labute approximate surface area is 102 Å². The van der Waals surface area contributed by atoms with Gasteiger partial charge >= 0.3 is 0 Å². The number of nitrogens with one attached hydrogen (secondary N) is 1. The highest BCUT2D eigenvalue weighted by atomic mass is 16.3. The number of aromatic nitrogens is 2. The molecule has 1 unspecified atom stereocenters. The summed E-state index contributed by atoms with van der Waals surface area (Å²) in [5.74, 6) is 1.01. The lowest BCUT2D eigenvalue weighted by Crippen LogP contribution is -2.22. The summed E-state index contributed by atoms with van der Waals surface area (Å²) >= 11 is 0. The second kappa shape index (κ2) is 5.68. The standard InChI is InChI=1S/C13H19N3O/c1-3-12(13-5-4-8-17-13)14-7-6-11-9-15-16(2)10-11/h4-5,8-10,12,14H,3,6-7H2,1-2H3. The van der Waals surface area contributed by atoms with Crippen LogP contribution in [0.5, 0.6) is 0 Å². The lowest BCUT2D eigenvalue weighted by atomic mass is 10.1. The highest BCUT2D eigenvalue weighted by molar-refractivity contribution is 5.06. The zero-order valence-electron chi connectivity index (χ0n) is 10.4. The van der Waals surface area contributed by atoms with Crippen molar-refractivity contribution in [3.8, 4) is 0 Å². The summed E-state index contributed by atoms with van der Waals surface area (Å²) in [5.41, 5.74) is 1.26. The molecule has 0 aliphatic rings. The smallest absolute Gasteiger partial charge is 0.120 e. The van der Waals surface area contributed by atoms with Gasteiger partial charge in [-0.25, -0.2) is 0 Å². The first-order valence-corrected chi connectivity index (χ1v) is 6.04. The maximum Gasteiger partial charge on any atom is 0.120 e. The van der Waals surface area contributed by atoms with Crippen LogP contribution >= 0.6 is 0 Å². The average molecular weight is 233 g/mol. The molecular weight excluding hydrogens is 214 g/mol. The Morgan fingerprint density at radius 1 is 1.53 bits per heavy atom. The van der Waals surface area contributed by atoms with E-state index in [1.165, 1.54) is 5.56 Å². The van der Waals surface area contributed by atoms with Crippen molar-refractivity contribution in [2.24, 2.45) is 7.05 Å². The van der Waals surface area contributed by atoms with Gasteiger partial charge in [-0.2, -0.15) is 5.10 Å². The van der Waals surface area contributed by atoms with E-state index in [0.29, 0.717) is 6.04 Å². The fourth-order valence-electron chi connectivity index (χ4n) is 1.93. The molecule has 4 heteroatoms. The molecule has 0 aliphatic heterocycles. The van der Waals surface area contributed by atoms with Crippen molar-refractivity contribution < 1.29 is 4.42 Å². The van der Waals surface area contributed by atoms with E-state index in [9.17, 15) is 0 Å². The van der Waals surface area contributed by atoms with Crippen molar-refractivity contribution in [2.75, 3.05) is 6.54 Å². The van der Waals surface area contributed by atoms with Crippen LogP contribution in [-0.4, -0.2) is 16.3 Å². The predicted molar refractivity (Wildman–Crippen MR) is 66.7 cm³/mol. The molecule has 2 aromatic rings. The van der Waals surface area contributed by atoms with Gasteiger partial charge in [0.2, 0.25) is 0 Å². The zero-order valence-corrected chi connectivity index (χ0v) is 10.4. The van der Waals surface area contributed by atoms with Crippen LogP contribution in [-0.2, 0) is 13.5 Å². The molecule has 0 fully saturated rings. The molecular formula is C13H19N3O. The third-order valence-corrected chi connectivity index (χ3v) is 2.86.